The van der Waals surface area contributed by atoms with Crippen molar-refractivity contribution in [1.29, 1.82) is 0 Å². The summed E-state index contributed by atoms with van der Waals surface area (Å²) in [4.78, 5) is 13.3. The molecular weight excluding hydrogens is 270 g/mol. The van der Waals surface area contributed by atoms with Crippen molar-refractivity contribution < 1.29 is 0 Å². The Morgan fingerprint density at radius 3 is 2.60 bits per heavy atom. The lowest BCUT2D eigenvalue weighted by molar-refractivity contribution is 0.547. The van der Waals surface area contributed by atoms with Crippen LogP contribution in [0, 0.1) is 6.92 Å². The van der Waals surface area contributed by atoms with Gasteiger partial charge < -0.3 is 11.1 Å². The summed E-state index contributed by atoms with van der Waals surface area (Å²) in [6.07, 6.45) is 0.882. The molecule has 0 bridgehead atoms. The molecule has 0 saturated heterocycles. The van der Waals surface area contributed by atoms with Crippen LogP contribution in [0.5, 0.6) is 0 Å². The molecule has 0 aromatic carbocycles. The van der Waals surface area contributed by atoms with Crippen molar-refractivity contribution in [3.63, 3.8) is 0 Å². The van der Waals surface area contributed by atoms with Gasteiger partial charge in [-0.15, -0.1) is 11.3 Å². The highest BCUT2D eigenvalue weighted by molar-refractivity contribution is 7.09. The molecule has 2 aromatic heterocycles. The summed E-state index contributed by atoms with van der Waals surface area (Å²) in [5, 5.41) is 6.49. The monoisotopic (exact) mass is 291 g/mol. The second kappa shape index (κ2) is 5.75. The molecule has 0 unspecified atom stereocenters. The molecule has 108 valence electrons. The predicted molar refractivity (Wildman–Crippen MR) is 84.2 cm³/mol. The van der Waals surface area contributed by atoms with Crippen LogP contribution in [0.1, 0.15) is 37.3 Å². The van der Waals surface area contributed by atoms with Gasteiger partial charge in [-0.3, -0.25) is 0 Å². The van der Waals surface area contributed by atoms with E-state index in [0.29, 0.717) is 5.82 Å². The van der Waals surface area contributed by atoms with Gasteiger partial charge in [-0.05, 0) is 6.92 Å². The zero-order valence-electron chi connectivity index (χ0n) is 12.4. The van der Waals surface area contributed by atoms with Crippen LogP contribution >= 0.6 is 11.3 Å². The SMILES string of the molecule is Cc1csc(CCNc2cc(N)nc(C(C)(C)C)n2)n1. The average Bonchev–Trinajstić information content (AvgIpc) is 2.73. The molecule has 0 saturated carbocycles. The molecule has 0 aliphatic heterocycles. The molecule has 2 aromatic rings. The maximum absolute atomic E-state index is 5.84. The van der Waals surface area contributed by atoms with Crippen molar-refractivity contribution in [2.24, 2.45) is 0 Å². The van der Waals surface area contributed by atoms with E-state index in [-0.39, 0.29) is 5.41 Å². The smallest absolute Gasteiger partial charge is 0.138 e. The molecule has 0 fully saturated rings. The summed E-state index contributed by atoms with van der Waals surface area (Å²) in [5.74, 6) is 2.03. The fraction of sp³-hybridized carbons (Fsp3) is 0.500. The topological polar surface area (TPSA) is 76.7 Å². The quantitative estimate of drug-likeness (QED) is 0.905. The number of thiazole rings is 1. The Morgan fingerprint density at radius 1 is 1.25 bits per heavy atom. The van der Waals surface area contributed by atoms with Crippen molar-refractivity contribution >= 4 is 23.0 Å². The molecule has 6 heteroatoms. The molecule has 0 aliphatic rings. The summed E-state index contributed by atoms with van der Waals surface area (Å²) in [5.41, 5.74) is 6.80. The third-order valence-electron chi connectivity index (χ3n) is 2.73. The molecular formula is C14H21N5S. The lowest BCUT2D eigenvalue weighted by atomic mass is 9.96. The van der Waals surface area contributed by atoms with E-state index in [2.05, 4.69) is 46.4 Å². The van der Waals surface area contributed by atoms with Crippen LogP contribution in [0.15, 0.2) is 11.4 Å². The zero-order chi connectivity index (χ0) is 14.8. The van der Waals surface area contributed by atoms with Crippen LogP contribution in [0.3, 0.4) is 0 Å². The first-order valence-electron chi connectivity index (χ1n) is 6.64. The van der Waals surface area contributed by atoms with E-state index >= 15 is 0 Å². The van der Waals surface area contributed by atoms with Crippen molar-refractivity contribution in [3.8, 4) is 0 Å². The number of nitrogens with one attached hydrogen (secondary N) is 1. The summed E-state index contributed by atoms with van der Waals surface area (Å²) < 4.78 is 0. The van der Waals surface area contributed by atoms with Gasteiger partial charge >= 0.3 is 0 Å². The third-order valence-corrected chi connectivity index (χ3v) is 3.75. The van der Waals surface area contributed by atoms with Gasteiger partial charge in [0.15, 0.2) is 0 Å². The number of rotatable bonds is 4. The lowest BCUT2D eigenvalue weighted by Gasteiger charge is -2.18. The van der Waals surface area contributed by atoms with Gasteiger partial charge in [0.05, 0.1) is 5.01 Å². The Balaban J connectivity index is 2.00. The van der Waals surface area contributed by atoms with Crippen LogP contribution in [-0.4, -0.2) is 21.5 Å². The normalized spacial score (nSPS) is 11.6. The Hall–Kier alpha value is -1.69. The minimum absolute atomic E-state index is 0.113. The van der Waals surface area contributed by atoms with Crippen molar-refractivity contribution in [1.82, 2.24) is 15.0 Å². The van der Waals surface area contributed by atoms with E-state index in [9.17, 15) is 0 Å². The van der Waals surface area contributed by atoms with Gasteiger partial charge in [-0.25, -0.2) is 15.0 Å². The molecule has 2 rings (SSSR count). The molecule has 5 nitrogen and oxygen atoms in total. The highest BCUT2D eigenvalue weighted by Crippen LogP contribution is 2.21. The number of aromatic nitrogens is 3. The second-order valence-electron chi connectivity index (χ2n) is 5.81. The number of hydrogen-bond acceptors (Lipinski definition) is 6. The van der Waals surface area contributed by atoms with Gasteiger partial charge in [-0.1, -0.05) is 20.8 Å². The highest BCUT2D eigenvalue weighted by Gasteiger charge is 2.18. The van der Waals surface area contributed by atoms with Crippen LogP contribution in [0.4, 0.5) is 11.6 Å². The molecule has 0 amide bonds. The molecule has 3 N–H and O–H groups in total. The van der Waals surface area contributed by atoms with Crippen molar-refractivity contribution in [3.05, 3.63) is 28.0 Å². The van der Waals surface area contributed by atoms with E-state index in [0.717, 1.165) is 35.3 Å². The Bertz CT molecular complexity index is 585. The lowest BCUT2D eigenvalue weighted by Crippen LogP contribution is -2.18. The summed E-state index contributed by atoms with van der Waals surface area (Å²) >= 11 is 1.69. The number of aryl methyl sites for hydroxylation is 1. The van der Waals surface area contributed by atoms with Gasteiger partial charge in [0.25, 0.3) is 0 Å². The summed E-state index contributed by atoms with van der Waals surface area (Å²) in [6.45, 7) is 9.01. The zero-order valence-corrected chi connectivity index (χ0v) is 13.2. The van der Waals surface area contributed by atoms with Crippen molar-refractivity contribution in [2.45, 2.75) is 39.5 Å². The first-order valence-corrected chi connectivity index (χ1v) is 7.52. The third kappa shape index (κ3) is 3.90. The van der Waals surface area contributed by atoms with Gasteiger partial charge in [0.2, 0.25) is 0 Å². The van der Waals surface area contributed by atoms with E-state index in [1.807, 2.05) is 6.92 Å². The summed E-state index contributed by atoms with van der Waals surface area (Å²) in [7, 11) is 0. The van der Waals surface area contributed by atoms with Crippen LogP contribution in [0.25, 0.3) is 0 Å². The summed E-state index contributed by atoms with van der Waals surface area (Å²) in [6, 6.07) is 1.77. The molecule has 0 aliphatic carbocycles. The number of nitrogens with zero attached hydrogens (tertiary/aromatic N) is 3. The van der Waals surface area contributed by atoms with Gasteiger partial charge in [0.1, 0.15) is 17.5 Å². The standard InChI is InChI=1S/C14H21N5S/c1-9-8-20-12(17-9)5-6-16-11-7-10(15)18-13(19-11)14(2,3)4/h7-8H,5-6H2,1-4H3,(H3,15,16,18,19). The van der Waals surface area contributed by atoms with Crippen LogP contribution in [-0.2, 0) is 11.8 Å². The average molecular weight is 291 g/mol. The van der Waals surface area contributed by atoms with Crippen molar-refractivity contribution in [2.75, 3.05) is 17.6 Å². The largest absolute Gasteiger partial charge is 0.384 e. The second-order valence-corrected chi connectivity index (χ2v) is 6.75. The number of nitrogens with two attached hydrogens (primary N) is 1. The van der Waals surface area contributed by atoms with Crippen LogP contribution in [0.2, 0.25) is 0 Å². The molecule has 0 spiro atoms. The first-order chi connectivity index (χ1) is 9.34. The molecule has 0 radical (unpaired) electrons. The number of nitrogen functional groups attached to an aromatic ring is 1. The Morgan fingerprint density at radius 2 is 2.00 bits per heavy atom. The highest BCUT2D eigenvalue weighted by atomic mass is 32.1. The Labute approximate surface area is 123 Å². The maximum Gasteiger partial charge on any atom is 0.138 e. The predicted octanol–water partition coefficient (Wildman–Crippen LogP) is 2.78. The van der Waals surface area contributed by atoms with E-state index in [1.165, 1.54) is 0 Å². The Kier molecular flexibility index (Phi) is 4.23. The van der Waals surface area contributed by atoms with E-state index in [1.54, 1.807) is 17.4 Å². The fourth-order valence-electron chi connectivity index (χ4n) is 1.71. The van der Waals surface area contributed by atoms with Crippen LogP contribution < -0.4 is 11.1 Å². The minimum Gasteiger partial charge on any atom is -0.384 e. The molecule has 2 heterocycles. The molecule has 0 atom stereocenters. The molecule has 20 heavy (non-hydrogen) atoms. The fourth-order valence-corrected chi connectivity index (χ4v) is 2.48. The maximum atomic E-state index is 5.84. The number of hydrogen-bond donors (Lipinski definition) is 2. The van der Waals surface area contributed by atoms with Gasteiger partial charge in [0, 0.05) is 35.5 Å². The number of anilines is 2. The minimum atomic E-state index is -0.113. The van der Waals surface area contributed by atoms with E-state index < -0.39 is 0 Å². The van der Waals surface area contributed by atoms with E-state index in [4.69, 9.17) is 5.73 Å². The first kappa shape index (κ1) is 14.7. The van der Waals surface area contributed by atoms with Gasteiger partial charge in [-0.2, -0.15) is 0 Å².